The summed E-state index contributed by atoms with van der Waals surface area (Å²) in [5.41, 5.74) is 5.87. The minimum atomic E-state index is -0.408. The fraction of sp³-hybridized carbons (Fsp3) is 0.600. The number of aromatic nitrogens is 1. The van der Waals surface area contributed by atoms with Gasteiger partial charge in [0.15, 0.2) is 0 Å². The van der Waals surface area contributed by atoms with Gasteiger partial charge in [-0.15, -0.1) is 0 Å². The Morgan fingerprint density at radius 2 is 2.05 bits per heavy atom. The molecule has 21 heavy (non-hydrogen) atoms. The van der Waals surface area contributed by atoms with E-state index in [4.69, 9.17) is 5.73 Å². The van der Waals surface area contributed by atoms with Crippen LogP contribution in [-0.4, -0.2) is 61.1 Å². The first-order valence-corrected chi connectivity index (χ1v) is 7.33. The van der Waals surface area contributed by atoms with Crippen LogP contribution in [-0.2, 0) is 0 Å². The smallest absolute Gasteiger partial charge is 0.251 e. The van der Waals surface area contributed by atoms with Crippen molar-refractivity contribution in [3.63, 3.8) is 0 Å². The van der Waals surface area contributed by atoms with Crippen molar-refractivity contribution in [2.45, 2.75) is 19.4 Å². The van der Waals surface area contributed by atoms with Crippen LogP contribution in [0, 0.1) is 0 Å². The summed E-state index contributed by atoms with van der Waals surface area (Å²) in [5.74, 6) is 0.754. The Labute approximate surface area is 126 Å². The molecule has 1 aliphatic heterocycles. The second-order valence-corrected chi connectivity index (χ2v) is 6.24. The number of rotatable bonds is 4. The molecule has 3 N–H and O–H groups in total. The molecule has 6 nitrogen and oxygen atoms in total. The summed E-state index contributed by atoms with van der Waals surface area (Å²) in [5, 5.41) is 2.94. The molecule has 2 rings (SSSR count). The number of anilines is 1. The van der Waals surface area contributed by atoms with Crippen LogP contribution in [0.1, 0.15) is 24.2 Å². The van der Waals surface area contributed by atoms with Gasteiger partial charge in [0.2, 0.25) is 0 Å². The molecule has 1 amide bonds. The third-order valence-corrected chi connectivity index (χ3v) is 3.80. The van der Waals surface area contributed by atoms with Gasteiger partial charge in [-0.05, 0) is 33.0 Å². The number of likely N-dealkylation sites (N-methyl/N-ethyl adjacent to an activating group) is 1. The van der Waals surface area contributed by atoms with E-state index in [0.717, 1.165) is 32.0 Å². The Balaban J connectivity index is 2.09. The largest absolute Gasteiger partial charge is 0.354 e. The Hall–Kier alpha value is -1.66. The molecule has 2 heterocycles. The molecule has 0 bridgehead atoms. The van der Waals surface area contributed by atoms with Gasteiger partial charge in [-0.3, -0.25) is 4.79 Å². The topological polar surface area (TPSA) is 74.5 Å². The lowest BCUT2D eigenvalue weighted by Gasteiger charge is -2.33. The summed E-state index contributed by atoms with van der Waals surface area (Å²) >= 11 is 0. The molecule has 0 atom stereocenters. The number of piperazine rings is 1. The zero-order valence-electron chi connectivity index (χ0n) is 13.1. The second-order valence-electron chi connectivity index (χ2n) is 6.24. The van der Waals surface area contributed by atoms with Crippen LogP contribution >= 0.6 is 0 Å². The number of carbonyl (C=O) groups excluding carboxylic acids is 1. The van der Waals surface area contributed by atoms with Gasteiger partial charge in [-0.2, -0.15) is 0 Å². The number of hydrogen-bond acceptors (Lipinski definition) is 5. The van der Waals surface area contributed by atoms with Crippen molar-refractivity contribution in [3.8, 4) is 0 Å². The second kappa shape index (κ2) is 6.41. The van der Waals surface area contributed by atoms with Crippen molar-refractivity contribution in [2.75, 3.05) is 44.7 Å². The molecule has 0 aliphatic carbocycles. The summed E-state index contributed by atoms with van der Waals surface area (Å²) in [4.78, 5) is 21.2. The highest BCUT2D eigenvalue weighted by Crippen LogP contribution is 2.15. The molecule has 1 aromatic rings. The lowest BCUT2D eigenvalue weighted by atomic mass is 10.1. The molecule has 0 spiro atoms. The average molecular weight is 291 g/mol. The van der Waals surface area contributed by atoms with Crippen LogP contribution in [0.2, 0.25) is 0 Å². The van der Waals surface area contributed by atoms with Crippen molar-refractivity contribution in [3.05, 3.63) is 23.9 Å². The van der Waals surface area contributed by atoms with E-state index in [1.165, 1.54) is 0 Å². The lowest BCUT2D eigenvalue weighted by molar-refractivity contribution is 0.0915. The lowest BCUT2D eigenvalue weighted by Crippen LogP contribution is -2.49. The normalized spacial score (nSPS) is 16.9. The fourth-order valence-corrected chi connectivity index (χ4v) is 2.20. The molecule has 0 unspecified atom stereocenters. The Kier molecular flexibility index (Phi) is 4.80. The third kappa shape index (κ3) is 4.15. The molecule has 1 aliphatic rings. The highest BCUT2D eigenvalue weighted by atomic mass is 16.1. The number of nitrogens with one attached hydrogen (secondary N) is 1. The highest BCUT2D eigenvalue weighted by molar-refractivity contribution is 5.95. The van der Waals surface area contributed by atoms with E-state index in [0.29, 0.717) is 12.1 Å². The monoisotopic (exact) mass is 291 g/mol. The molecule has 1 fully saturated rings. The van der Waals surface area contributed by atoms with E-state index in [9.17, 15) is 4.79 Å². The minimum Gasteiger partial charge on any atom is -0.354 e. The minimum absolute atomic E-state index is 0.108. The maximum Gasteiger partial charge on any atom is 0.251 e. The van der Waals surface area contributed by atoms with E-state index >= 15 is 0 Å². The first-order valence-electron chi connectivity index (χ1n) is 7.33. The van der Waals surface area contributed by atoms with Gasteiger partial charge >= 0.3 is 0 Å². The van der Waals surface area contributed by atoms with Gasteiger partial charge in [0.05, 0.1) is 0 Å². The number of nitrogens with two attached hydrogens (primary N) is 1. The summed E-state index contributed by atoms with van der Waals surface area (Å²) < 4.78 is 0. The average Bonchev–Trinajstić information content (AvgIpc) is 2.48. The van der Waals surface area contributed by atoms with E-state index in [1.54, 1.807) is 12.3 Å². The van der Waals surface area contributed by atoms with Gasteiger partial charge < -0.3 is 20.9 Å². The van der Waals surface area contributed by atoms with Crippen molar-refractivity contribution < 1.29 is 4.79 Å². The van der Waals surface area contributed by atoms with Gasteiger partial charge in [0.1, 0.15) is 5.82 Å². The maximum atomic E-state index is 12.3. The van der Waals surface area contributed by atoms with E-state index in [1.807, 2.05) is 19.9 Å². The first-order chi connectivity index (χ1) is 9.91. The standard InChI is InChI=1S/C15H25N5O/c1-15(2,11-16)18-14(21)12-4-5-17-13(10-12)20-8-6-19(3)7-9-20/h4-5,10H,6-9,11,16H2,1-3H3,(H,18,21). The zero-order valence-corrected chi connectivity index (χ0v) is 13.1. The third-order valence-electron chi connectivity index (χ3n) is 3.80. The van der Waals surface area contributed by atoms with E-state index in [2.05, 4.69) is 27.1 Å². The van der Waals surface area contributed by atoms with Gasteiger partial charge in [-0.1, -0.05) is 0 Å². The summed E-state index contributed by atoms with van der Waals surface area (Å²) in [6.07, 6.45) is 1.69. The summed E-state index contributed by atoms with van der Waals surface area (Å²) in [6.45, 7) is 8.11. The molecular formula is C15H25N5O. The Morgan fingerprint density at radius 3 is 2.67 bits per heavy atom. The first kappa shape index (κ1) is 15.7. The Morgan fingerprint density at radius 1 is 1.38 bits per heavy atom. The van der Waals surface area contributed by atoms with Crippen molar-refractivity contribution >= 4 is 11.7 Å². The molecule has 1 aromatic heterocycles. The Bertz CT molecular complexity index is 495. The highest BCUT2D eigenvalue weighted by Gasteiger charge is 2.21. The quantitative estimate of drug-likeness (QED) is 0.834. The molecule has 116 valence electrons. The van der Waals surface area contributed by atoms with Crippen LogP contribution in [0.5, 0.6) is 0 Å². The fourth-order valence-electron chi connectivity index (χ4n) is 2.20. The van der Waals surface area contributed by atoms with Crippen LogP contribution < -0.4 is 16.0 Å². The van der Waals surface area contributed by atoms with Gasteiger partial charge in [-0.25, -0.2) is 4.98 Å². The number of carbonyl (C=O) groups is 1. The van der Waals surface area contributed by atoms with Crippen LogP contribution in [0.15, 0.2) is 18.3 Å². The van der Waals surface area contributed by atoms with Gasteiger partial charge in [0.25, 0.3) is 5.91 Å². The van der Waals surface area contributed by atoms with Crippen molar-refractivity contribution in [2.24, 2.45) is 5.73 Å². The zero-order chi connectivity index (χ0) is 15.5. The van der Waals surface area contributed by atoms with E-state index < -0.39 is 5.54 Å². The van der Waals surface area contributed by atoms with E-state index in [-0.39, 0.29) is 5.91 Å². The van der Waals surface area contributed by atoms with Crippen LogP contribution in [0.4, 0.5) is 5.82 Å². The van der Waals surface area contributed by atoms with Gasteiger partial charge in [0, 0.05) is 50.0 Å². The van der Waals surface area contributed by atoms with Crippen molar-refractivity contribution in [1.82, 2.24) is 15.2 Å². The molecular weight excluding hydrogens is 266 g/mol. The number of hydrogen-bond donors (Lipinski definition) is 2. The molecule has 0 aromatic carbocycles. The summed E-state index contributed by atoms with van der Waals surface area (Å²) in [7, 11) is 2.11. The molecule has 6 heteroatoms. The summed E-state index contributed by atoms with van der Waals surface area (Å²) in [6, 6.07) is 3.59. The number of nitrogens with zero attached hydrogens (tertiary/aromatic N) is 3. The number of amides is 1. The number of pyridine rings is 1. The molecule has 0 saturated carbocycles. The van der Waals surface area contributed by atoms with Crippen LogP contribution in [0.25, 0.3) is 0 Å². The molecule has 0 radical (unpaired) electrons. The molecule has 1 saturated heterocycles. The van der Waals surface area contributed by atoms with Crippen molar-refractivity contribution in [1.29, 1.82) is 0 Å². The maximum absolute atomic E-state index is 12.3. The van der Waals surface area contributed by atoms with Crippen LogP contribution in [0.3, 0.4) is 0 Å². The SMILES string of the molecule is CN1CCN(c2cc(C(=O)NC(C)(C)CN)ccn2)CC1. The predicted molar refractivity (Wildman–Crippen MR) is 84.5 cm³/mol. The predicted octanol–water partition coefficient (Wildman–Crippen LogP) is 0.301.